The molecule has 1 amide bonds. The smallest absolute Gasteiger partial charge is 0.225 e. The lowest BCUT2D eigenvalue weighted by Gasteiger charge is -2.36. The fourth-order valence-corrected chi connectivity index (χ4v) is 4.07. The number of anilines is 1. The number of fused-ring (bicyclic) bond motifs is 1. The molecule has 27 heavy (non-hydrogen) atoms. The first-order valence-electron chi connectivity index (χ1n) is 9.78. The Balaban J connectivity index is 1.42. The number of H-pyrrole nitrogens is 1. The van der Waals surface area contributed by atoms with Crippen LogP contribution in [0, 0.1) is 12.8 Å². The summed E-state index contributed by atoms with van der Waals surface area (Å²) in [6.07, 6.45) is 4.03. The van der Waals surface area contributed by atoms with Crippen LogP contribution in [-0.4, -0.2) is 47.0 Å². The quantitative estimate of drug-likeness (QED) is 0.776. The van der Waals surface area contributed by atoms with E-state index in [0.717, 1.165) is 55.7 Å². The Morgan fingerprint density at radius 1 is 1.11 bits per heavy atom. The molecule has 2 fully saturated rings. The van der Waals surface area contributed by atoms with Crippen LogP contribution in [0.15, 0.2) is 42.6 Å². The summed E-state index contributed by atoms with van der Waals surface area (Å²) < 4.78 is 0. The Bertz CT molecular complexity index is 996. The second kappa shape index (κ2) is 6.41. The van der Waals surface area contributed by atoms with Gasteiger partial charge in [0, 0.05) is 60.6 Å². The lowest BCUT2D eigenvalue weighted by molar-refractivity contribution is -0.132. The van der Waals surface area contributed by atoms with E-state index >= 15 is 0 Å². The number of benzene rings is 1. The highest BCUT2D eigenvalue weighted by Gasteiger charge is 2.34. The third-order valence-corrected chi connectivity index (χ3v) is 5.80. The van der Waals surface area contributed by atoms with Crippen LogP contribution in [0.5, 0.6) is 0 Å². The largest absolute Gasteiger partial charge is 0.367 e. The van der Waals surface area contributed by atoms with Gasteiger partial charge in [0.1, 0.15) is 5.65 Å². The van der Waals surface area contributed by atoms with Crippen LogP contribution >= 0.6 is 0 Å². The number of aromatic nitrogens is 2. The number of aromatic amines is 1. The fourth-order valence-electron chi connectivity index (χ4n) is 4.07. The summed E-state index contributed by atoms with van der Waals surface area (Å²) in [4.78, 5) is 24.8. The van der Waals surface area contributed by atoms with Gasteiger partial charge in [0.05, 0.1) is 0 Å². The molecule has 5 nitrogen and oxygen atoms in total. The van der Waals surface area contributed by atoms with Gasteiger partial charge in [0.25, 0.3) is 0 Å². The lowest BCUT2D eigenvalue weighted by atomic mass is 10.1. The Morgan fingerprint density at radius 2 is 1.89 bits per heavy atom. The summed E-state index contributed by atoms with van der Waals surface area (Å²) in [5.41, 5.74) is 5.68. The van der Waals surface area contributed by atoms with Gasteiger partial charge in [-0.1, -0.05) is 24.3 Å². The number of amides is 1. The van der Waals surface area contributed by atoms with Gasteiger partial charge in [-0.3, -0.25) is 4.79 Å². The van der Waals surface area contributed by atoms with Crippen molar-refractivity contribution in [3.05, 3.63) is 48.2 Å². The van der Waals surface area contributed by atoms with Gasteiger partial charge >= 0.3 is 0 Å². The number of rotatable bonds is 3. The van der Waals surface area contributed by atoms with Gasteiger partial charge in [-0.15, -0.1) is 0 Å². The maximum Gasteiger partial charge on any atom is 0.225 e. The summed E-state index contributed by atoms with van der Waals surface area (Å²) in [5, 5.41) is 1.15. The predicted octanol–water partition coefficient (Wildman–Crippen LogP) is 3.60. The third kappa shape index (κ3) is 2.97. The second-order valence-electron chi connectivity index (χ2n) is 7.68. The van der Waals surface area contributed by atoms with E-state index in [0.29, 0.717) is 11.8 Å². The average molecular weight is 360 g/mol. The molecule has 138 valence electrons. The molecule has 2 aromatic heterocycles. The number of piperazine rings is 1. The normalized spacial score (nSPS) is 17.5. The highest BCUT2D eigenvalue weighted by Crippen LogP contribution is 2.33. The predicted molar refractivity (Wildman–Crippen MR) is 108 cm³/mol. The van der Waals surface area contributed by atoms with Crippen LogP contribution in [0.2, 0.25) is 0 Å². The maximum atomic E-state index is 12.3. The molecule has 0 atom stereocenters. The van der Waals surface area contributed by atoms with E-state index in [1.165, 1.54) is 16.8 Å². The van der Waals surface area contributed by atoms with Gasteiger partial charge in [0.15, 0.2) is 0 Å². The average Bonchev–Trinajstić information content (AvgIpc) is 3.46. The summed E-state index contributed by atoms with van der Waals surface area (Å²) >= 11 is 0. The fraction of sp³-hybridized carbons (Fsp3) is 0.364. The van der Waals surface area contributed by atoms with Gasteiger partial charge in [-0.25, -0.2) is 4.98 Å². The topological polar surface area (TPSA) is 52.2 Å². The van der Waals surface area contributed by atoms with Crippen LogP contribution in [0.25, 0.3) is 22.3 Å². The van der Waals surface area contributed by atoms with Crippen molar-refractivity contribution in [2.75, 3.05) is 31.1 Å². The van der Waals surface area contributed by atoms with Crippen molar-refractivity contribution in [3.63, 3.8) is 0 Å². The van der Waals surface area contributed by atoms with Crippen molar-refractivity contribution < 1.29 is 4.79 Å². The molecule has 0 spiro atoms. The van der Waals surface area contributed by atoms with Crippen molar-refractivity contribution >= 4 is 22.6 Å². The van der Waals surface area contributed by atoms with Crippen LogP contribution in [0.3, 0.4) is 0 Å². The Labute approximate surface area is 159 Å². The molecule has 3 heterocycles. The van der Waals surface area contributed by atoms with Crippen LogP contribution < -0.4 is 4.90 Å². The van der Waals surface area contributed by atoms with Crippen molar-refractivity contribution in [2.45, 2.75) is 19.8 Å². The molecule has 1 aromatic carbocycles. The van der Waals surface area contributed by atoms with E-state index in [1.807, 2.05) is 11.1 Å². The molecule has 2 aliphatic rings. The lowest BCUT2D eigenvalue weighted by Crippen LogP contribution is -2.49. The number of hydrogen-bond acceptors (Lipinski definition) is 3. The molecular weight excluding hydrogens is 336 g/mol. The summed E-state index contributed by atoms with van der Waals surface area (Å²) in [6, 6.07) is 12.7. The number of nitrogens with one attached hydrogen (secondary N) is 1. The first-order chi connectivity index (χ1) is 13.2. The van der Waals surface area contributed by atoms with Crippen molar-refractivity contribution in [3.8, 4) is 11.3 Å². The Morgan fingerprint density at radius 3 is 2.63 bits per heavy atom. The molecule has 0 radical (unpaired) electrons. The number of aryl methyl sites for hydroxylation is 1. The zero-order chi connectivity index (χ0) is 18.4. The van der Waals surface area contributed by atoms with Gasteiger partial charge in [-0.2, -0.15) is 0 Å². The summed E-state index contributed by atoms with van der Waals surface area (Å²) in [7, 11) is 0. The van der Waals surface area contributed by atoms with Gasteiger partial charge in [0.2, 0.25) is 5.91 Å². The highest BCUT2D eigenvalue weighted by molar-refractivity contribution is 5.94. The van der Waals surface area contributed by atoms with E-state index in [2.05, 4.69) is 58.2 Å². The Hall–Kier alpha value is -2.82. The standard InChI is InChI=1S/C22H24N4O/c1-15-4-2-3-5-17(15)19-14-18-20(8-9-23-21(18)24-19)25-10-12-26(13-11-25)22(27)16-6-7-16/h2-5,8-9,14,16H,6-7,10-13H2,1H3,(H,23,24). The first-order valence-corrected chi connectivity index (χ1v) is 9.78. The molecule has 0 bridgehead atoms. The van der Waals surface area contributed by atoms with Crippen molar-refractivity contribution in [1.29, 1.82) is 0 Å². The maximum absolute atomic E-state index is 12.3. The van der Waals surface area contributed by atoms with Crippen LogP contribution in [0.1, 0.15) is 18.4 Å². The molecular formula is C22H24N4O. The number of nitrogens with zero attached hydrogens (tertiary/aromatic N) is 3. The molecule has 1 saturated heterocycles. The number of hydrogen-bond donors (Lipinski definition) is 1. The number of pyridine rings is 1. The van der Waals surface area contributed by atoms with E-state index < -0.39 is 0 Å². The number of carbonyl (C=O) groups excluding carboxylic acids is 1. The van der Waals surface area contributed by atoms with Crippen molar-refractivity contribution in [1.82, 2.24) is 14.9 Å². The zero-order valence-corrected chi connectivity index (χ0v) is 15.6. The number of carbonyl (C=O) groups is 1. The minimum Gasteiger partial charge on any atom is -0.367 e. The minimum atomic E-state index is 0.311. The van der Waals surface area contributed by atoms with Crippen LogP contribution in [-0.2, 0) is 4.79 Å². The highest BCUT2D eigenvalue weighted by atomic mass is 16.2. The van der Waals surface area contributed by atoms with Gasteiger partial charge < -0.3 is 14.8 Å². The van der Waals surface area contributed by atoms with E-state index in [9.17, 15) is 4.79 Å². The molecule has 1 aliphatic heterocycles. The molecule has 1 saturated carbocycles. The molecule has 5 heteroatoms. The molecule has 1 N–H and O–H groups in total. The third-order valence-electron chi connectivity index (χ3n) is 5.80. The summed E-state index contributed by atoms with van der Waals surface area (Å²) in [5.74, 6) is 0.670. The van der Waals surface area contributed by atoms with Crippen LogP contribution in [0.4, 0.5) is 5.69 Å². The molecule has 0 unspecified atom stereocenters. The summed E-state index contributed by atoms with van der Waals surface area (Å²) in [6.45, 7) is 5.51. The molecule has 3 aromatic rings. The van der Waals surface area contributed by atoms with E-state index in [-0.39, 0.29) is 0 Å². The second-order valence-corrected chi connectivity index (χ2v) is 7.68. The Kier molecular flexibility index (Phi) is 3.88. The molecule has 5 rings (SSSR count). The molecule has 1 aliphatic carbocycles. The van der Waals surface area contributed by atoms with E-state index in [1.54, 1.807) is 0 Å². The first kappa shape index (κ1) is 16.4. The monoisotopic (exact) mass is 360 g/mol. The van der Waals surface area contributed by atoms with Crippen molar-refractivity contribution in [2.24, 2.45) is 5.92 Å². The zero-order valence-electron chi connectivity index (χ0n) is 15.6. The minimum absolute atomic E-state index is 0.311. The van der Waals surface area contributed by atoms with E-state index in [4.69, 9.17) is 0 Å². The SMILES string of the molecule is Cc1ccccc1-c1cc2c(N3CCN(C(=O)C4CC4)CC3)ccnc2[nH]1. The van der Waals surface area contributed by atoms with Gasteiger partial charge in [-0.05, 0) is 37.5 Å².